The predicted molar refractivity (Wildman–Crippen MR) is 68.4 cm³/mol. The Labute approximate surface area is 119 Å². The molecule has 0 unspecified atom stereocenters. The lowest BCUT2D eigenvalue weighted by Gasteiger charge is -2.10. The van der Waals surface area contributed by atoms with E-state index in [0.717, 1.165) is 0 Å². The second kappa shape index (κ2) is 5.51. The predicted octanol–water partition coefficient (Wildman–Crippen LogP) is 4.62. The minimum atomic E-state index is -1.54. The third-order valence-corrected chi connectivity index (χ3v) is 2.87. The molecule has 0 saturated heterocycles. The summed E-state index contributed by atoms with van der Waals surface area (Å²) < 4.78 is 53.6. The highest BCUT2D eigenvalue weighted by Crippen LogP contribution is 2.29. The Bertz CT molecular complexity index is 699. The highest BCUT2D eigenvalue weighted by Gasteiger charge is 2.19. The van der Waals surface area contributed by atoms with Crippen LogP contribution in [0.3, 0.4) is 0 Å². The van der Waals surface area contributed by atoms with Crippen LogP contribution in [0, 0.1) is 34.6 Å². The van der Waals surface area contributed by atoms with Crippen LogP contribution in [0.2, 0.25) is 0 Å². The van der Waals surface area contributed by atoms with Crippen LogP contribution in [0.25, 0.3) is 0 Å². The molecule has 7 heteroatoms. The average molecular weight is 345 g/mol. The van der Waals surface area contributed by atoms with Crippen LogP contribution < -0.4 is 5.32 Å². The summed E-state index contributed by atoms with van der Waals surface area (Å²) in [4.78, 5) is 0. The van der Waals surface area contributed by atoms with Gasteiger partial charge >= 0.3 is 0 Å². The highest BCUT2D eigenvalue weighted by molar-refractivity contribution is 9.10. The van der Waals surface area contributed by atoms with Crippen molar-refractivity contribution in [2.24, 2.45) is 0 Å². The standard InChI is InChI=1S/C13H5BrF4N2/c14-7-1-6(5-19)2-8(3-7)20-13-11(17)9(15)4-10(16)12(13)18/h1-4,20H. The molecule has 2 aromatic carbocycles. The Morgan fingerprint density at radius 3 is 2.10 bits per heavy atom. The van der Waals surface area contributed by atoms with Crippen molar-refractivity contribution in [2.75, 3.05) is 5.32 Å². The second-order valence-electron chi connectivity index (χ2n) is 3.81. The van der Waals surface area contributed by atoms with Gasteiger partial charge in [-0.1, -0.05) is 15.9 Å². The van der Waals surface area contributed by atoms with E-state index in [1.807, 2.05) is 6.07 Å². The van der Waals surface area contributed by atoms with Crippen molar-refractivity contribution in [1.29, 1.82) is 5.26 Å². The zero-order valence-electron chi connectivity index (χ0n) is 9.65. The van der Waals surface area contributed by atoms with Gasteiger partial charge in [-0.25, -0.2) is 17.6 Å². The maximum atomic E-state index is 13.5. The van der Waals surface area contributed by atoms with Gasteiger partial charge in [-0.15, -0.1) is 0 Å². The van der Waals surface area contributed by atoms with Gasteiger partial charge in [0.15, 0.2) is 23.3 Å². The molecule has 0 atom stereocenters. The van der Waals surface area contributed by atoms with Crippen LogP contribution >= 0.6 is 15.9 Å². The number of benzene rings is 2. The second-order valence-corrected chi connectivity index (χ2v) is 4.72. The fraction of sp³-hybridized carbons (Fsp3) is 0. The van der Waals surface area contributed by atoms with Gasteiger partial charge in [-0.2, -0.15) is 5.26 Å². The molecule has 0 saturated carbocycles. The van der Waals surface area contributed by atoms with Crippen molar-refractivity contribution in [1.82, 2.24) is 0 Å². The lowest BCUT2D eigenvalue weighted by molar-refractivity contribution is 0.459. The van der Waals surface area contributed by atoms with Gasteiger partial charge in [-0.05, 0) is 18.2 Å². The fourth-order valence-corrected chi connectivity index (χ4v) is 2.05. The third-order valence-electron chi connectivity index (χ3n) is 2.41. The molecule has 20 heavy (non-hydrogen) atoms. The Balaban J connectivity index is 2.51. The lowest BCUT2D eigenvalue weighted by Crippen LogP contribution is -2.03. The first-order valence-electron chi connectivity index (χ1n) is 5.23. The van der Waals surface area contributed by atoms with Gasteiger partial charge in [0.05, 0.1) is 11.6 Å². The number of nitrogens with zero attached hydrogens (tertiary/aromatic N) is 1. The first-order valence-corrected chi connectivity index (χ1v) is 6.02. The summed E-state index contributed by atoms with van der Waals surface area (Å²) in [6.45, 7) is 0. The van der Waals surface area contributed by atoms with Crippen molar-refractivity contribution in [3.63, 3.8) is 0 Å². The molecule has 0 fully saturated rings. The molecular weight excluding hydrogens is 340 g/mol. The maximum Gasteiger partial charge on any atom is 0.185 e. The Morgan fingerprint density at radius 2 is 1.55 bits per heavy atom. The topological polar surface area (TPSA) is 35.8 Å². The number of nitrogens with one attached hydrogen (secondary N) is 1. The van der Waals surface area contributed by atoms with Crippen LogP contribution in [-0.2, 0) is 0 Å². The number of hydrogen-bond acceptors (Lipinski definition) is 2. The smallest absolute Gasteiger partial charge is 0.185 e. The monoisotopic (exact) mass is 344 g/mol. The normalized spacial score (nSPS) is 10.2. The SMILES string of the molecule is N#Cc1cc(Br)cc(Nc2c(F)c(F)cc(F)c2F)c1. The molecule has 0 heterocycles. The number of nitriles is 1. The summed E-state index contributed by atoms with van der Waals surface area (Å²) in [6, 6.07) is 6.13. The van der Waals surface area contributed by atoms with Crippen molar-refractivity contribution in [2.45, 2.75) is 0 Å². The number of halogens is 5. The summed E-state index contributed by atoms with van der Waals surface area (Å²) >= 11 is 3.11. The molecule has 1 N–H and O–H groups in total. The van der Waals surface area contributed by atoms with E-state index in [9.17, 15) is 17.6 Å². The van der Waals surface area contributed by atoms with Crippen LogP contribution in [0.5, 0.6) is 0 Å². The zero-order valence-corrected chi connectivity index (χ0v) is 11.2. The molecule has 0 aliphatic heterocycles. The van der Waals surface area contributed by atoms with Crippen molar-refractivity contribution in [3.8, 4) is 6.07 Å². The van der Waals surface area contributed by atoms with Gasteiger partial charge in [0.2, 0.25) is 0 Å². The summed E-state index contributed by atoms with van der Waals surface area (Å²) in [7, 11) is 0. The summed E-state index contributed by atoms with van der Waals surface area (Å²) in [5.41, 5.74) is -0.636. The zero-order chi connectivity index (χ0) is 14.9. The highest BCUT2D eigenvalue weighted by atomic mass is 79.9. The van der Waals surface area contributed by atoms with E-state index in [1.165, 1.54) is 18.2 Å². The molecule has 0 aromatic heterocycles. The maximum absolute atomic E-state index is 13.5. The van der Waals surface area contributed by atoms with Crippen LogP contribution in [0.1, 0.15) is 5.56 Å². The van der Waals surface area contributed by atoms with Gasteiger partial charge in [0, 0.05) is 16.2 Å². The Morgan fingerprint density at radius 1 is 0.950 bits per heavy atom. The van der Waals surface area contributed by atoms with Gasteiger partial charge in [0.25, 0.3) is 0 Å². The lowest BCUT2D eigenvalue weighted by atomic mass is 10.2. The van der Waals surface area contributed by atoms with Crippen LogP contribution in [0.4, 0.5) is 28.9 Å². The molecule has 0 spiro atoms. The molecule has 0 bridgehead atoms. The Hall–Kier alpha value is -2.07. The largest absolute Gasteiger partial charge is 0.350 e. The van der Waals surface area contributed by atoms with Crippen molar-refractivity contribution < 1.29 is 17.6 Å². The molecule has 0 aliphatic rings. The molecule has 0 aliphatic carbocycles. The fourth-order valence-electron chi connectivity index (χ4n) is 1.55. The van der Waals surface area contributed by atoms with E-state index in [-0.39, 0.29) is 17.3 Å². The molecule has 0 amide bonds. The molecule has 102 valence electrons. The molecular formula is C13H5BrF4N2. The molecule has 2 nitrogen and oxygen atoms in total. The number of hydrogen-bond donors (Lipinski definition) is 1. The van der Waals surface area contributed by atoms with E-state index in [0.29, 0.717) is 4.47 Å². The minimum Gasteiger partial charge on any atom is -0.350 e. The molecule has 0 radical (unpaired) electrons. The number of rotatable bonds is 2. The van der Waals surface area contributed by atoms with Crippen molar-refractivity contribution >= 4 is 27.3 Å². The van der Waals surface area contributed by atoms with E-state index in [4.69, 9.17) is 5.26 Å². The van der Waals surface area contributed by atoms with E-state index in [1.54, 1.807) is 0 Å². The first kappa shape index (κ1) is 14.3. The van der Waals surface area contributed by atoms with E-state index in [2.05, 4.69) is 21.2 Å². The average Bonchev–Trinajstić information content (AvgIpc) is 2.40. The molecule has 2 rings (SSSR count). The first-order chi connectivity index (χ1) is 9.42. The summed E-state index contributed by atoms with van der Waals surface area (Å²) in [5.74, 6) is -6.10. The summed E-state index contributed by atoms with van der Waals surface area (Å²) in [5, 5.41) is 11.0. The van der Waals surface area contributed by atoms with Gasteiger partial charge in [-0.3, -0.25) is 0 Å². The third kappa shape index (κ3) is 2.75. The van der Waals surface area contributed by atoms with Gasteiger partial charge in [0.1, 0.15) is 5.69 Å². The quantitative estimate of drug-likeness (QED) is 0.637. The van der Waals surface area contributed by atoms with Crippen molar-refractivity contribution in [3.05, 3.63) is 57.6 Å². The van der Waals surface area contributed by atoms with Gasteiger partial charge < -0.3 is 5.32 Å². The van der Waals surface area contributed by atoms with E-state index >= 15 is 0 Å². The number of anilines is 2. The van der Waals surface area contributed by atoms with Crippen LogP contribution in [-0.4, -0.2) is 0 Å². The Kier molecular flexibility index (Phi) is 3.95. The summed E-state index contributed by atoms with van der Waals surface area (Å²) in [6.07, 6.45) is 0. The molecule has 2 aromatic rings. The minimum absolute atomic E-state index is 0.110. The van der Waals surface area contributed by atoms with E-state index < -0.39 is 29.0 Å². The van der Waals surface area contributed by atoms with Crippen LogP contribution in [0.15, 0.2) is 28.7 Å².